The van der Waals surface area contributed by atoms with Crippen molar-refractivity contribution >= 4 is 27.6 Å². The molecule has 0 bridgehead atoms. The number of nitrogens with one attached hydrogen (secondary N) is 1. The third-order valence-electron chi connectivity index (χ3n) is 2.37. The Labute approximate surface area is 115 Å². The fraction of sp³-hybridized carbons (Fsp3) is 0.182. The molecule has 2 N–H and O–H groups in total. The number of rotatable bonds is 5. The van der Waals surface area contributed by atoms with Crippen LogP contribution < -0.4 is 5.32 Å². The van der Waals surface area contributed by atoms with Crippen LogP contribution in [0, 0.1) is 5.82 Å². The summed E-state index contributed by atoms with van der Waals surface area (Å²) in [6, 6.07) is 2.70. The van der Waals surface area contributed by atoms with Crippen molar-refractivity contribution in [3.63, 3.8) is 0 Å². The maximum absolute atomic E-state index is 13.9. The predicted molar refractivity (Wildman–Crippen MR) is 67.6 cm³/mol. The van der Waals surface area contributed by atoms with Gasteiger partial charge in [0.05, 0.1) is 15.7 Å². The van der Waals surface area contributed by atoms with E-state index in [1.807, 2.05) is 0 Å². The molecule has 0 aliphatic carbocycles. The first-order valence-corrected chi connectivity index (χ1v) is 6.09. The van der Waals surface area contributed by atoms with Gasteiger partial charge in [-0.3, -0.25) is 0 Å². The molecule has 0 unspecified atom stereocenters. The molecule has 8 heteroatoms. The molecule has 0 saturated heterocycles. The Morgan fingerprint density at radius 1 is 1.53 bits per heavy atom. The van der Waals surface area contributed by atoms with Crippen LogP contribution in [0.15, 0.2) is 27.5 Å². The Morgan fingerprint density at radius 2 is 2.32 bits per heavy atom. The van der Waals surface area contributed by atoms with Crippen LogP contribution in [0.2, 0.25) is 0 Å². The molecular formula is C11H9BrFN3O3. The summed E-state index contributed by atoms with van der Waals surface area (Å²) >= 11 is 2.93. The Bertz CT molecular complexity index is 589. The number of carboxylic acids is 1. The predicted octanol–water partition coefficient (Wildman–Crippen LogP) is 2.32. The van der Waals surface area contributed by atoms with Crippen LogP contribution in [-0.2, 0) is 6.42 Å². The molecule has 6 nitrogen and oxygen atoms in total. The van der Waals surface area contributed by atoms with E-state index in [2.05, 4.69) is 31.4 Å². The maximum atomic E-state index is 13.9. The second-order valence-electron chi connectivity index (χ2n) is 3.61. The molecule has 100 valence electrons. The van der Waals surface area contributed by atoms with Crippen molar-refractivity contribution in [3.8, 4) is 0 Å². The van der Waals surface area contributed by atoms with Crippen molar-refractivity contribution < 1.29 is 18.8 Å². The number of carbonyl (C=O) groups is 1. The summed E-state index contributed by atoms with van der Waals surface area (Å²) in [6.07, 6.45) is 1.73. The molecule has 1 aromatic carbocycles. The van der Waals surface area contributed by atoms with E-state index in [0.29, 0.717) is 18.9 Å². The Balaban J connectivity index is 2.05. The third kappa shape index (κ3) is 3.08. The number of hydrogen-bond acceptors (Lipinski definition) is 5. The lowest BCUT2D eigenvalue weighted by Gasteiger charge is -2.09. The molecule has 2 rings (SSSR count). The first-order chi connectivity index (χ1) is 9.09. The summed E-state index contributed by atoms with van der Waals surface area (Å²) in [4.78, 5) is 14.6. The minimum atomic E-state index is -1.19. The van der Waals surface area contributed by atoms with Crippen LogP contribution in [0.25, 0.3) is 0 Å². The highest BCUT2D eigenvalue weighted by molar-refractivity contribution is 9.10. The fourth-order valence-corrected chi connectivity index (χ4v) is 1.98. The minimum absolute atomic E-state index is 0.0807. The lowest BCUT2D eigenvalue weighted by molar-refractivity contribution is 0.0695. The average molecular weight is 330 g/mol. The molecule has 2 aromatic rings. The first-order valence-electron chi connectivity index (χ1n) is 5.30. The number of carboxylic acid groups (broad SMARTS) is 1. The number of aromatic carboxylic acids is 1. The monoisotopic (exact) mass is 329 g/mol. The van der Waals surface area contributed by atoms with Gasteiger partial charge in [0.15, 0.2) is 12.1 Å². The number of nitrogens with zero attached hydrogens (tertiary/aromatic N) is 2. The van der Waals surface area contributed by atoms with Crippen LogP contribution in [0.5, 0.6) is 0 Å². The van der Waals surface area contributed by atoms with Crippen LogP contribution in [0.4, 0.5) is 10.1 Å². The van der Waals surface area contributed by atoms with Gasteiger partial charge in [0.1, 0.15) is 0 Å². The molecule has 0 saturated carbocycles. The van der Waals surface area contributed by atoms with Gasteiger partial charge in [-0.25, -0.2) is 9.18 Å². The highest BCUT2D eigenvalue weighted by Gasteiger charge is 2.15. The average Bonchev–Trinajstić information content (AvgIpc) is 2.87. The van der Waals surface area contributed by atoms with Crippen molar-refractivity contribution in [2.45, 2.75) is 6.42 Å². The zero-order valence-corrected chi connectivity index (χ0v) is 11.1. The molecule has 0 atom stereocenters. The Morgan fingerprint density at radius 3 is 2.95 bits per heavy atom. The molecule has 0 fully saturated rings. The van der Waals surface area contributed by atoms with Crippen molar-refractivity contribution in [1.82, 2.24) is 10.1 Å². The third-order valence-corrected chi connectivity index (χ3v) is 3.15. The molecule has 0 aliphatic heterocycles. The van der Waals surface area contributed by atoms with Crippen LogP contribution in [-0.4, -0.2) is 27.8 Å². The van der Waals surface area contributed by atoms with Gasteiger partial charge in [-0.15, -0.1) is 0 Å². The molecule has 1 aromatic heterocycles. The summed E-state index contributed by atoms with van der Waals surface area (Å²) in [6.45, 7) is 0.387. The van der Waals surface area contributed by atoms with Gasteiger partial charge in [-0.2, -0.15) is 4.98 Å². The highest BCUT2D eigenvalue weighted by atomic mass is 79.9. The van der Waals surface area contributed by atoms with Crippen LogP contribution >= 0.6 is 15.9 Å². The second kappa shape index (κ2) is 5.79. The Kier molecular flexibility index (Phi) is 4.10. The van der Waals surface area contributed by atoms with Crippen LogP contribution in [0.3, 0.4) is 0 Å². The van der Waals surface area contributed by atoms with E-state index in [4.69, 9.17) is 9.63 Å². The van der Waals surface area contributed by atoms with Gasteiger partial charge in [0.25, 0.3) is 0 Å². The summed E-state index contributed by atoms with van der Waals surface area (Å²) in [5.41, 5.74) is 0.0799. The standard InChI is InChI=1S/C11H9BrFN3O3/c12-9-6(11(17)18)1-2-7(10(9)13)14-4-3-8-15-5-16-19-8/h1-2,5,14H,3-4H2,(H,17,18). The molecule has 0 aliphatic rings. The van der Waals surface area contributed by atoms with E-state index in [1.165, 1.54) is 18.5 Å². The van der Waals surface area contributed by atoms with E-state index in [0.717, 1.165) is 0 Å². The van der Waals surface area contributed by atoms with Gasteiger partial charge in [-0.05, 0) is 28.1 Å². The number of aromatic nitrogens is 2. The molecule has 0 radical (unpaired) electrons. The zero-order chi connectivity index (χ0) is 13.8. The van der Waals surface area contributed by atoms with Crippen molar-refractivity contribution in [2.24, 2.45) is 0 Å². The van der Waals surface area contributed by atoms with Crippen LogP contribution in [0.1, 0.15) is 16.2 Å². The van der Waals surface area contributed by atoms with Crippen molar-refractivity contribution in [1.29, 1.82) is 0 Å². The molecular weight excluding hydrogens is 321 g/mol. The zero-order valence-electron chi connectivity index (χ0n) is 9.56. The van der Waals surface area contributed by atoms with Gasteiger partial charge in [-0.1, -0.05) is 5.16 Å². The number of halogens is 2. The number of hydrogen-bond donors (Lipinski definition) is 2. The van der Waals surface area contributed by atoms with E-state index < -0.39 is 11.8 Å². The summed E-state index contributed by atoms with van der Waals surface area (Å²) in [5.74, 6) is -1.40. The topological polar surface area (TPSA) is 88.2 Å². The lowest BCUT2D eigenvalue weighted by Crippen LogP contribution is -2.08. The van der Waals surface area contributed by atoms with E-state index in [-0.39, 0.29) is 15.7 Å². The number of anilines is 1. The van der Waals surface area contributed by atoms with Gasteiger partial charge < -0.3 is 14.9 Å². The van der Waals surface area contributed by atoms with Gasteiger partial charge in [0, 0.05) is 13.0 Å². The fourth-order valence-electron chi connectivity index (χ4n) is 1.46. The van der Waals surface area contributed by atoms with E-state index in [9.17, 15) is 9.18 Å². The molecule has 19 heavy (non-hydrogen) atoms. The molecule has 0 amide bonds. The number of benzene rings is 1. The lowest BCUT2D eigenvalue weighted by atomic mass is 10.2. The maximum Gasteiger partial charge on any atom is 0.336 e. The van der Waals surface area contributed by atoms with Crippen molar-refractivity contribution in [3.05, 3.63) is 40.2 Å². The summed E-state index contributed by atoms with van der Waals surface area (Å²) < 4.78 is 18.6. The molecule has 0 spiro atoms. The smallest absolute Gasteiger partial charge is 0.336 e. The highest BCUT2D eigenvalue weighted by Crippen LogP contribution is 2.27. The second-order valence-corrected chi connectivity index (χ2v) is 4.40. The SMILES string of the molecule is O=C(O)c1ccc(NCCc2ncno2)c(F)c1Br. The van der Waals surface area contributed by atoms with E-state index in [1.54, 1.807) is 0 Å². The first kappa shape index (κ1) is 13.5. The molecule has 1 heterocycles. The Hall–Kier alpha value is -1.96. The van der Waals surface area contributed by atoms with Gasteiger partial charge in [0.2, 0.25) is 5.89 Å². The van der Waals surface area contributed by atoms with E-state index >= 15 is 0 Å². The quantitative estimate of drug-likeness (QED) is 0.875. The summed E-state index contributed by atoms with van der Waals surface area (Å²) in [7, 11) is 0. The van der Waals surface area contributed by atoms with Crippen molar-refractivity contribution in [2.75, 3.05) is 11.9 Å². The normalized spacial score (nSPS) is 10.4. The largest absolute Gasteiger partial charge is 0.478 e. The minimum Gasteiger partial charge on any atom is -0.478 e. The summed E-state index contributed by atoms with van der Waals surface area (Å²) in [5, 5.41) is 15.1. The van der Waals surface area contributed by atoms with Gasteiger partial charge >= 0.3 is 5.97 Å².